The van der Waals surface area contributed by atoms with Crippen LogP contribution in [0.1, 0.15) is 74.9 Å². The molecule has 6 aromatic carbocycles. The number of hydrogen-bond acceptors (Lipinski definition) is 17. The molecule has 0 bridgehead atoms. The van der Waals surface area contributed by atoms with Gasteiger partial charge in [-0.1, -0.05) is 182 Å². The predicted molar refractivity (Wildman–Crippen MR) is 282 cm³/mol. The van der Waals surface area contributed by atoms with Crippen molar-refractivity contribution in [1.82, 2.24) is 0 Å². The summed E-state index contributed by atoms with van der Waals surface area (Å²) in [6.45, 7) is 5.85. The third kappa shape index (κ3) is 13.3. The fourth-order valence-electron chi connectivity index (χ4n) is 10.3. The smallest absolute Gasteiger partial charge is 0.303 e. The van der Waals surface area contributed by atoms with Crippen LogP contribution in [0.3, 0.4) is 0 Å². The molecule has 79 heavy (non-hydrogen) atoms. The van der Waals surface area contributed by atoms with Crippen LogP contribution in [0, 0.1) is 0 Å². The van der Waals surface area contributed by atoms with Gasteiger partial charge in [0.1, 0.15) is 23.4 Å². The highest BCUT2D eigenvalue weighted by atomic mass is 16.8. The topological polar surface area (TPSA) is 204 Å². The average Bonchev–Trinajstić information content (AvgIpc) is 3.64. The minimum atomic E-state index is -1.86. The van der Waals surface area contributed by atoms with Gasteiger partial charge in [-0.2, -0.15) is 0 Å². The van der Waals surface area contributed by atoms with Crippen molar-refractivity contribution in [1.29, 1.82) is 0 Å². The van der Waals surface area contributed by atoms with Crippen LogP contribution in [-0.4, -0.2) is 110 Å². The van der Waals surface area contributed by atoms with Crippen molar-refractivity contribution in [3.63, 3.8) is 0 Å². The fraction of sp³-hybridized carbons (Fsp3) is 0.323. The molecular weight excluding hydrogens is 1020 g/mol. The Morgan fingerprint density at radius 3 is 0.734 bits per heavy atom. The van der Waals surface area contributed by atoms with Crippen molar-refractivity contribution in [3.05, 3.63) is 215 Å². The Morgan fingerprint density at radius 2 is 0.519 bits per heavy atom. The first-order chi connectivity index (χ1) is 38.1. The summed E-state index contributed by atoms with van der Waals surface area (Å²) in [4.78, 5) is 79.1. The van der Waals surface area contributed by atoms with Crippen LogP contribution in [-0.2, 0) is 92.1 Å². The zero-order valence-corrected chi connectivity index (χ0v) is 44.4. The molecule has 0 N–H and O–H groups in total. The Hall–Kier alpha value is -8.06. The summed E-state index contributed by atoms with van der Waals surface area (Å²) in [6.07, 6.45) is -16.5. The molecule has 10 atom stereocenters. The van der Waals surface area contributed by atoms with Crippen LogP contribution < -0.4 is 0 Å². The SMILES string of the molecule is CC(=O)OC1C(OC(C)=O)[C@H](OC(C)=O)C(COC(c2ccccc2)(c2ccccc2)c2ccccc2)O[C@H]1O[C@@H]1OC(COC(c2ccccc2)(c2ccccc2)c2ccccc2)[C@@H](OC(C)=O)[C@H](OC(C)=O)C1OC(C)=O. The molecule has 2 saturated heterocycles. The van der Waals surface area contributed by atoms with Crippen LogP contribution >= 0.6 is 0 Å². The van der Waals surface area contributed by atoms with Gasteiger partial charge in [-0.25, -0.2) is 0 Å². The molecule has 0 amide bonds. The molecule has 2 aliphatic heterocycles. The van der Waals surface area contributed by atoms with Crippen molar-refractivity contribution < 1.29 is 80.9 Å². The quantitative estimate of drug-likeness (QED) is 0.0403. The van der Waals surface area contributed by atoms with Crippen LogP contribution in [0.2, 0.25) is 0 Å². The lowest BCUT2D eigenvalue weighted by Crippen LogP contribution is -2.67. The minimum absolute atomic E-state index is 0.429. The lowest BCUT2D eigenvalue weighted by atomic mass is 9.80. The Kier molecular flexibility index (Phi) is 18.8. The maximum absolute atomic E-state index is 13.2. The first kappa shape index (κ1) is 57.1. The second kappa shape index (κ2) is 26.1. The molecule has 2 aliphatic rings. The van der Waals surface area contributed by atoms with Crippen LogP contribution in [0.25, 0.3) is 0 Å². The number of rotatable bonds is 20. The molecule has 412 valence electrons. The summed E-state index contributed by atoms with van der Waals surface area (Å²) >= 11 is 0. The van der Waals surface area contributed by atoms with E-state index in [2.05, 4.69) is 0 Å². The average molecular weight is 1080 g/mol. The van der Waals surface area contributed by atoms with E-state index >= 15 is 0 Å². The maximum atomic E-state index is 13.2. The zero-order valence-electron chi connectivity index (χ0n) is 44.4. The number of carbonyl (C=O) groups is 6. The molecule has 6 aromatic rings. The molecule has 0 saturated carbocycles. The summed E-state index contributed by atoms with van der Waals surface area (Å²) < 4.78 is 70.1. The summed E-state index contributed by atoms with van der Waals surface area (Å²) in [7, 11) is 0. The van der Waals surface area contributed by atoms with E-state index in [9.17, 15) is 28.8 Å². The van der Waals surface area contributed by atoms with Gasteiger partial charge in [-0.3, -0.25) is 28.8 Å². The second-order valence-electron chi connectivity index (χ2n) is 18.8. The normalized spacial score (nSPS) is 23.0. The van der Waals surface area contributed by atoms with Gasteiger partial charge in [0.15, 0.2) is 36.6 Å². The van der Waals surface area contributed by atoms with Crippen LogP contribution in [0.4, 0.5) is 0 Å². The van der Waals surface area contributed by atoms with E-state index in [-0.39, 0.29) is 0 Å². The van der Waals surface area contributed by atoms with Gasteiger partial charge in [0.05, 0.1) is 13.2 Å². The van der Waals surface area contributed by atoms with E-state index < -0.39 is 122 Å². The van der Waals surface area contributed by atoms with E-state index in [1.807, 2.05) is 182 Å². The second-order valence-corrected chi connectivity index (χ2v) is 18.8. The highest BCUT2D eigenvalue weighted by molar-refractivity contribution is 5.69. The van der Waals surface area contributed by atoms with Crippen molar-refractivity contribution in [2.75, 3.05) is 13.2 Å². The molecule has 2 fully saturated rings. The Morgan fingerprint density at radius 1 is 0.316 bits per heavy atom. The van der Waals surface area contributed by atoms with Gasteiger partial charge in [0, 0.05) is 41.5 Å². The molecule has 5 unspecified atom stereocenters. The van der Waals surface area contributed by atoms with Gasteiger partial charge in [0.25, 0.3) is 0 Å². The van der Waals surface area contributed by atoms with E-state index in [4.69, 9.17) is 52.1 Å². The van der Waals surface area contributed by atoms with Crippen LogP contribution in [0.5, 0.6) is 0 Å². The molecule has 0 aromatic heterocycles. The molecule has 8 rings (SSSR count). The standard InChI is InChI=1S/C62H62O17/c1-39(63)71-53-51(37-69-61(45-25-13-7-14-26-45,46-27-15-8-16-28-46)47-29-17-9-18-30-47)77-59(57(75-43(5)67)55(53)73-41(3)65)79-60-58(76-44(6)68)56(74-42(4)66)54(72-40(2)64)52(78-60)38-70-62(48-31-19-10-20-32-48,49-33-21-11-22-34-49)50-35-23-12-24-36-50/h7-36,51-60H,37-38H2,1-6H3/t51?,52?,53-,54-,55+,56?,57?,58?,59+,60+/m1/s1. The molecule has 17 heteroatoms. The lowest BCUT2D eigenvalue weighted by molar-refractivity contribution is -0.379. The summed E-state index contributed by atoms with van der Waals surface area (Å²) in [5, 5.41) is 0. The monoisotopic (exact) mass is 1080 g/mol. The number of esters is 6. The Balaban J connectivity index is 1.25. The molecule has 0 radical (unpaired) electrons. The maximum Gasteiger partial charge on any atom is 0.303 e. The van der Waals surface area contributed by atoms with Crippen molar-refractivity contribution >= 4 is 35.8 Å². The van der Waals surface area contributed by atoms with Gasteiger partial charge >= 0.3 is 35.8 Å². The first-order valence-electron chi connectivity index (χ1n) is 25.7. The van der Waals surface area contributed by atoms with Crippen LogP contribution in [0.15, 0.2) is 182 Å². The molecule has 17 nitrogen and oxygen atoms in total. The van der Waals surface area contributed by atoms with Gasteiger partial charge in [-0.15, -0.1) is 0 Å². The summed E-state index contributed by atoms with van der Waals surface area (Å²) in [5.41, 5.74) is 1.49. The van der Waals surface area contributed by atoms with Gasteiger partial charge in [-0.05, 0) is 33.4 Å². The Labute approximate surface area is 457 Å². The third-order valence-corrected chi connectivity index (χ3v) is 13.3. The molecule has 2 heterocycles. The largest absolute Gasteiger partial charge is 0.456 e. The van der Waals surface area contributed by atoms with Gasteiger partial charge in [0.2, 0.25) is 12.6 Å². The zero-order chi connectivity index (χ0) is 56.1. The summed E-state index contributed by atoms with van der Waals surface area (Å²) in [6, 6.07) is 56.4. The first-order valence-corrected chi connectivity index (χ1v) is 25.7. The van der Waals surface area contributed by atoms with E-state index in [1.165, 1.54) is 0 Å². The highest BCUT2D eigenvalue weighted by Crippen LogP contribution is 2.44. The van der Waals surface area contributed by atoms with E-state index in [0.717, 1.165) is 41.5 Å². The minimum Gasteiger partial charge on any atom is -0.456 e. The van der Waals surface area contributed by atoms with Gasteiger partial charge < -0.3 is 52.1 Å². The van der Waals surface area contributed by atoms with Crippen molar-refractivity contribution in [2.24, 2.45) is 0 Å². The lowest BCUT2D eigenvalue weighted by Gasteiger charge is -2.49. The Bertz CT molecular complexity index is 2590. The number of benzene rings is 6. The van der Waals surface area contributed by atoms with E-state index in [0.29, 0.717) is 33.4 Å². The molecular formula is C62H62O17. The predicted octanol–water partition coefficient (Wildman–Crippen LogP) is 8.06. The van der Waals surface area contributed by atoms with Crippen molar-refractivity contribution in [2.45, 2.75) is 114 Å². The van der Waals surface area contributed by atoms with E-state index in [1.54, 1.807) is 0 Å². The number of hydrogen-bond donors (Lipinski definition) is 0. The summed E-state index contributed by atoms with van der Waals surface area (Å²) in [5.74, 6) is -5.16. The number of ether oxygens (including phenoxy) is 11. The third-order valence-electron chi connectivity index (χ3n) is 13.3. The molecule has 0 aliphatic carbocycles. The number of carbonyl (C=O) groups excluding carboxylic acids is 6. The highest BCUT2D eigenvalue weighted by Gasteiger charge is 2.58. The van der Waals surface area contributed by atoms with Crippen molar-refractivity contribution in [3.8, 4) is 0 Å². The fourth-order valence-corrected chi connectivity index (χ4v) is 10.3. The molecule has 0 spiro atoms.